The Morgan fingerprint density at radius 1 is 0.938 bits per heavy atom. The van der Waals surface area contributed by atoms with E-state index in [0.717, 1.165) is 0 Å². The highest BCUT2D eigenvalue weighted by atomic mass is 79.9. The van der Waals surface area contributed by atoms with E-state index in [9.17, 15) is 14.4 Å². The highest BCUT2D eigenvalue weighted by Gasteiger charge is 2.17. The lowest BCUT2D eigenvalue weighted by Gasteiger charge is -2.12. The quantitative estimate of drug-likeness (QED) is 0.417. The van der Waals surface area contributed by atoms with Gasteiger partial charge in [-0.15, -0.1) is 0 Å². The second kappa shape index (κ2) is 10.4. The molecule has 0 aromatic heterocycles. The van der Waals surface area contributed by atoms with Gasteiger partial charge in [-0.05, 0) is 76.1 Å². The van der Waals surface area contributed by atoms with Gasteiger partial charge in [0, 0.05) is 10.2 Å². The second-order valence-corrected chi connectivity index (χ2v) is 7.46. The third-order valence-corrected chi connectivity index (χ3v) is 5.12. The Morgan fingerprint density at radius 2 is 1.59 bits per heavy atom. The number of carboxylic acid groups (broad SMARTS) is 1. The predicted octanol–water partition coefficient (Wildman–Crippen LogP) is 4.57. The summed E-state index contributed by atoms with van der Waals surface area (Å²) in [6.45, 7) is 0. The van der Waals surface area contributed by atoms with Gasteiger partial charge in [0.1, 0.15) is 11.4 Å². The summed E-state index contributed by atoms with van der Waals surface area (Å²) in [5.74, 6) is -1.44. The number of methoxy groups -OCH3 is 1. The Labute approximate surface area is 192 Å². The largest absolute Gasteiger partial charge is 0.497 e. The lowest BCUT2D eigenvalue weighted by Crippen LogP contribution is -2.31. The Balaban J connectivity index is 1.88. The third-order valence-electron chi connectivity index (χ3n) is 4.43. The number of nitrogens with one attached hydrogen (secondary N) is 2. The van der Waals surface area contributed by atoms with Crippen LogP contribution in [0, 0.1) is 0 Å². The fraction of sp³-hybridized carbons (Fsp3) is 0.0417. The third kappa shape index (κ3) is 5.83. The van der Waals surface area contributed by atoms with Crippen LogP contribution in [0.15, 0.2) is 83.0 Å². The van der Waals surface area contributed by atoms with Gasteiger partial charge in [-0.2, -0.15) is 0 Å². The molecule has 0 spiro atoms. The maximum atomic E-state index is 13.0. The average molecular weight is 495 g/mol. The maximum absolute atomic E-state index is 13.0. The molecule has 0 aliphatic heterocycles. The molecular weight excluding hydrogens is 476 g/mol. The van der Waals surface area contributed by atoms with Gasteiger partial charge in [-0.1, -0.05) is 24.3 Å². The molecule has 162 valence electrons. The van der Waals surface area contributed by atoms with Crippen molar-refractivity contribution in [1.82, 2.24) is 5.32 Å². The molecule has 3 rings (SSSR count). The lowest BCUT2D eigenvalue weighted by atomic mass is 10.1. The van der Waals surface area contributed by atoms with Crippen molar-refractivity contribution >= 4 is 45.5 Å². The summed E-state index contributed by atoms with van der Waals surface area (Å²) in [4.78, 5) is 36.8. The molecule has 0 aliphatic rings. The number of rotatable bonds is 7. The lowest BCUT2D eigenvalue weighted by molar-refractivity contribution is -0.113. The van der Waals surface area contributed by atoms with Crippen LogP contribution in [0.5, 0.6) is 5.75 Å². The molecule has 8 heteroatoms. The molecule has 0 aliphatic carbocycles. The van der Waals surface area contributed by atoms with Crippen molar-refractivity contribution in [1.29, 1.82) is 0 Å². The summed E-state index contributed by atoms with van der Waals surface area (Å²) in [7, 11) is 1.55. The van der Waals surface area contributed by atoms with Crippen LogP contribution >= 0.6 is 15.9 Å². The number of carbonyl (C=O) groups excluding carboxylic acids is 2. The molecule has 2 amide bonds. The molecule has 0 bridgehead atoms. The van der Waals surface area contributed by atoms with Crippen molar-refractivity contribution < 1.29 is 24.2 Å². The molecule has 3 N–H and O–H groups in total. The average Bonchev–Trinajstić information content (AvgIpc) is 2.79. The van der Waals surface area contributed by atoms with Crippen LogP contribution in [-0.2, 0) is 4.79 Å². The number of carboxylic acids is 1. The molecule has 3 aromatic rings. The molecule has 0 fully saturated rings. The van der Waals surface area contributed by atoms with Crippen LogP contribution in [0.2, 0.25) is 0 Å². The fourth-order valence-electron chi connectivity index (χ4n) is 2.75. The fourth-order valence-corrected chi connectivity index (χ4v) is 3.22. The van der Waals surface area contributed by atoms with E-state index < -0.39 is 17.8 Å². The molecule has 7 nitrogen and oxygen atoms in total. The molecule has 32 heavy (non-hydrogen) atoms. The Hall–Kier alpha value is -3.91. The summed E-state index contributed by atoms with van der Waals surface area (Å²) >= 11 is 3.34. The van der Waals surface area contributed by atoms with Crippen LogP contribution in [-0.4, -0.2) is 30.0 Å². The summed E-state index contributed by atoms with van der Waals surface area (Å²) < 4.78 is 5.73. The van der Waals surface area contributed by atoms with Crippen LogP contribution in [0.1, 0.15) is 26.3 Å². The summed E-state index contributed by atoms with van der Waals surface area (Å²) in [6.07, 6.45) is 1.54. The van der Waals surface area contributed by atoms with E-state index in [4.69, 9.17) is 9.84 Å². The van der Waals surface area contributed by atoms with Gasteiger partial charge in [0.2, 0.25) is 0 Å². The van der Waals surface area contributed by atoms with Gasteiger partial charge in [-0.25, -0.2) is 4.79 Å². The maximum Gasteiger partial charge on any atom is 0.335 e. The van der Waals surface area contributed by atoms with Crippen molar-refractivity contribution in [3.63, 3.8) is 0 Å². The van der Waals surface area contributed by atoms with Gasteiger partial charge in [-0.3, -0.25) is 9.59 Å². The summed E-state index contributed by atoms with van der Waals surface area (Å²) in [5.41, 5.74) is 1.53. The minimum Gasteiger partial charge on any atom is -0.497 e. The second-order valence-electron chi connectivity index (χ2n) is 6.60. The van der Waals surface area contributed by atoms with E-state index in [1.165, 1.54) is 30.3 Å². The number of hydrogen-bond acceptors (Lipinski definition) is 4. The number of benzene rings is 3. The van der Waals surface area contributed by atoms with Crippen molar-refractivity contribution in [2.75, 3.05) is 12.4 Å². The first kappa shape index (κ1) is 22.8. The zero-order chi connectivity index (χ0) is 23.1. The van der Waals surface area contributed by atoms with Gasteiger partial charge in [0.15, 0.2) is 0 Å². The number of carbonyl (C=O) groups is 3. The first-order valence-corrected chi connectivity index (χ1v) is 10.2. The molecule has 0 atom stereocenters. The molecular formula is C24H19BrN2O5. The SMILES string of the molecule is COc1ccc(/C=C(\NC(=O)c2ccccc2Br)C(=O)Nc2ccc(C(=O)O)cc2)cc1. The number of amides is 2. The van der Waals surface area contributed by atoms with Crippen molar-refractivity contribution in [2.45, 2.75) is 0 Å². The summed E-state index contributed by atoms with van der Waals surface area (Å²) in [5, 5.41) is 14.3. The van der Waals surface area contributed by atoms with Crippen molar-refractivity contribution in [3.05, 3.63) is 99.7 Å². The number of ether oxygens (including phenoxy) is 1. The van der Waals surface area contributed by atoms with Gasteiger partial charge in [0.25, 0.3) is 11.8 Å². The van der Waals surface area contributed by atoms with Gasteiger partial charge < -0.3 is 20.5 Å². The van der Waals surface area contributed by atoms with Crippen molar-refractivity contribution in [2.24, 2.45) is 0 Å². The van der Waals surface area contributed by atoms with Crippen molar-refractivity contribution in [3.8, 4) is 5.75 Å². The van der Waals surface area contributed by atoms with E-state index in [1.807, 2.05) is 0 Å². The van der Waals surface area contributed by atoms with Crippen LogP contribution in [0.4, 0.5) is 5.69 Å². The van der Waals surface area contributed by atoms with Crippen LogP contribution < -0.4 is 15.4 Å². The standard InChI is InChI=1S/C24H19BrN2O5/c1-32-18-12-6-15(7-13-18)14-21(27-22(28)19-4-2-3-5-20(19)25)23(29)26-17-10-8-16(9-11-17)24(30)31/h2-14H,1H3,(H,26,29)(H,27,28)(H,30,31)/b21-14-. The van der Waals surface area contributed by atoms with E-state index in [2.05, 4.69) is 26.6 Å². The Bertz CT molecular complexity index is 1170. The first-order valence-electron chi connectivity index (χ1n) is 9.43. The van der Waals surface area contributed by atoms with E-state index in [-0.39, 0.29) is 11.3 Å². The zero-order valence-electron chi connectivity index (χ0n) is 17.0. The number of anilines is 1. The molecule has 0 radical (unpaired) electrons. The van der Waals surface area contributed by atoms with E-state index >= 15 is 0 Å². The molecule has 0 unspecified atom stereocenters. The van der Waals surface area contributed by atoms with E-state index in [1.54, 1.807) is 55.6 Å². The van der Waals surface area contributed by atoms with Gasteiger partial charge in [0.05, 0.1) is 18.2 Å². The number of halogens is 1. The Kier molecular flexibility index (Phi) is 7.41. The highest BCUT2D eigenvalue weighted by molar-refractivity contribution is 9.10. The van der Waals surface area contributed by atoms with Crippen LogP contribution in [0.25, 0.3) is 6.08 Å². The normalized spacial score (nSPS) is 10.9. The highest BCUT2D eigenvalue weighted by Crippen LogP contribution is 2.18. The van der Waals surface area contributed by atoms with Crippen LogP contribution in [0.3, 0.4) is 0 Å². The van der Waals surface area contributed by atoms with E-state index in [0.29, 0.717) is 27.0 Å². The molecule has 3 aromatic carbocycles. The summed E-state index contributed by atoms with van der Waals surface area (Å²) in [6, 6.07) is 19.5. The number of hydrogen-bond donors (Lipinski definition) is 3. The molecule has 0 saturated carbocycles. The number of aromatic carboxylic acids is 1. The predicted molar refractivity (Wildman–Crippen MR) is 125 cm³/mol. The minimum absolute atomic E-state index is 0.0123. The van der Waals surface area contributed by atoms with Gasteiger partial charge >= 0.3 is 5.97 Å². The first-order chi connectivity index (χ1) is 15.4. The minimum atomic E-state index is -1.07. The topological polar surface area (TPSA) is 105 Å². The smallest absolute Gasteiger partial charge is 0.335 e. The molecule has 0 saturated heterocycles. The zero-order valence-corrected chi connectivity index (χ0v) is 18.5. The monoisotopic (exact) mass is 494 g/mol. The molecule has 0 heterocycles. The Morgan fingerprint density at radius 3 is 2.19 bits per heavy atom.